The molecule has 4 heteroatoms. The summed E-state index contributed by atoms with van der Waals surface area (Å²) in [5.41, 5.74) is 10.2. The van der Waals surface area contributed by atoms with Gasteiger partial charge in [-0.1, -0.05) is 6.42 Å². The zero-order valence-electron chi connectivity index (χ0n) is 13.2. The summed E-state index contributed by atoms with van der Waals surface area (Å²) in [5.74, 6) is 0. The van der Waals surface area contributed by atoms with Crippen molar-refractivity contribution in [3.05, 3.63) is 57.2 Å². The van der Waals surface area contributed by atoms with Crippen molar-refractivity contribution in [1.29, 1.82) is 0 Å². The van der Waals surface area contributed by atoms with Crippen molar-refractivity contribution in [1.82, 2.24) is 0 Å². The molecular weight excluding hydrogens is 358 g/mol. The van der Waals surface area contributed by atoms with Gasteiger partial charge in [0.2, 0.25) is 0 Å². The second kappa shape index (κ2) is 10.9. The maximum atomic E-state index is 3.35. The van der Waals surface area contributed by atoms with Gasteiger partial charge in [-0.2, -0.15) is 5.57 Å². The molecule has 0 amide bonds. The molecule has 0 saturated carbocycles. The van der Waals surface area contributed by atoms with Crippen molar-refractivity contribution < 1.29 is 58.9 Å². The maximum absolute atomic E-state index is 3.35. The third kappa shape index (κ3) is 5.45. The minimum atomic E-state index is 0. The molecule has 114 valence electrons. The Bertz CT molecular complexity index is 502. The fraction of sp³-hybridized carbons (Fsp3) is 0.412. The molecule has 2 rings (SSSR count). The van der Waals surface area contributed by atoms with E-state index in [4.69, 9.17) is 0 Å². The van der Waals surface area contributed by atoms with E-state index in [-0.39, 0.29) is 58.9 Å². The van der Waals surface area contributed by atoms with Crippen LogP contribution in [0.5, 0.6) is 0 Å². The smallest absolute Gasteiger partial charge is 1.00 e. The summed E-state index contributed by atoms with van der Waals surface area (Å²) < 4.78 is 0. The Hall–Kier alpha value is 0.284. The van der Waals surface area contributed by atoms with E-state index in [2.05, 4.69) is 46.8 Å². The van der Waals surface area contributed by atoms with Crippen LogP contribution in [0.2, 0.25) is 0 Å². The molecule has 0 radical (unpaired) electrons. The van der Waals surface area contributed by atoms with Gasteiger partial charge in [0, 0.05) is 0 Å². The third-order valence-corrected chi connectivity index (χ3v) is 4.32. The van der Waals surface area contributed by atoms with E-state index in [1.54, 1.807) is 0 Å². The van der Waals surface area contributed by atoms with E-state index in [0.29, 0.717) is 0 Å². The summed E-state index contributed by atoms with van der Waals surface area (Å²) in [6, 6.07) is 0. The summed E-state index contributed by atoms with van der Waals surface area (Å²) >= 11 is 0. The van der Waals surface area contributed by atoms with Gasteiger partial charge in [0.1, 0.15) is 0 Å². The molecule has 0 aliphatic heterocycles. The van der Waals surface area contributed by atoms with Crippen LogP contribution in [0.25, 0.3) is 0 Å². The van der Waals surface area contributed by atoms with Crippen LogP contribution in [0.3, 0.4) is 0 Å². The van der Waals surface area contributed by atoms with Crippen molar-refractivity contribution in [3.8, 4) is 0 Å². The molecule has 1 aromatic carbocycles. The van der Waals surface area contributed by atoms with Crippen molar-refractivity contribution in [2.45, 2.75) is 47.5 Å². The molecule has 0 bridgehead atoms. The molecule has 0 spiro atoms. The predicted molar refractivity (Wildman–Crippen MR) is 74.3 cm³/mol. The number of rotatable bonds is 2. The van der Waals surface area contributed by atoms with Crippen LogP contribution >= 0.6 is 0 Å². The molecule has 0 nitrogen and oxygen atoms in total. The van der Waals surface area contributed by atoms with E-state index in [9.17, 15) is 0 Å². The van der Waals surface area contributed by atoms with Gasteiger partial charge in [-0.25, -0.2) is 12.2 Å². The SMILES string of the molecule is Cc1c(C)c(C)c(CC2=[C-]C=CC2)c(C)c1C.[Cl-].[Cl-].[Cl-].[Ti+4]. The molecule has 0 aromatic heterocycles. The van der Waals surface area contributed by atoms with Crippen LogP contribution in [-0.2, 0) is 28.1 Å². The molecular formula is C17H21Cl3Ti. The zero-order valence-corrected chi connectivity index (χ0v) is 17.0. The molecule has 0 saturated heterocycles. The molecule has 0 fully saturated rings. The summed E-state index contributed by atoms with van der Waals surface area (Å²) in [6.07, 6.45) is 9.72. The topological polar surface area (TPSA) is 0 Å². The van der Waals surface area contributed by atoms with Gasteiger partial charge in [-0.05, 0) is 74.4 Å². The molecule has 0 atom stereocenters. The van der Waals surface area contributed by atoms with Crippen LogP contribution in [0.4, 0.5) is 0 Å². The first-order chi connectivity index (χ1) is 8.02. The summed E-state index contributed by atoms with van der Waals surface area (Å²) in [7, 11) is 0. The van der Waals surface area contributed by atoms with E-state index in [1.807, 2.05) is 6.08 Å². The average Bonchev–Trinajstić information content (AvgIpc) is 2.82. The largest absolute Gasteiger partial charge is 4.00 e. The summed E-state index contributed by atoms with van der Waals surface area (Å²) in [6.45, 7) is 11.2. The Labute approximate surface area is 163 Å². The zero-order chi connectivity index (χ0) is 12.6. The van der Waals surface area contributed by atoms with Gasteiger partial charge in [-0.3, -0.25) is 6.08 Å². The molecule has 0 unspecified atom stereocenters. The second-order valence-corrected chi connectivity index (χ2v) is 5.13. The Morgan fingerprint density at radius 3 is 1.62 bits per heavy atom. The second-order valence-electron chi connectivity index (χ2n) is 5.13. The van der Waals surface area contributed by atoms with Gasteiger partial charge >= 0.3 is 21.7 Å². The summed E-state index contributed by atoms with van der Waals surface area (Å²) in [5, 5.41) is 0. The molecule has 1 aromatic rings. The maximum Gasteiger partial charge on any atom is 4.00 e. The van der Waals surface area contributed by atoms with Gasteiger partial charge in [-0.15, -0.1) is 0 Å². The normalized spacial score (nSPS) is 11.6. The van der Waals surface area contributed by atoms with Gasteiger partial charge in [0.15, 0.2) is 0 Å². The van der Waals surface area contributed by atoms with Crippen molar-refractivity contribution in [2.24, 2.45) is 0 Å². The first-order valence-electron chi connectivity index (χ1n) is 6.34. The first-order valence-corrected chi connectivity index (χ1v) is 6.34. The molecule has 21 heavy (non-hydrogen) atoms. The number of allylic oxidation sites excluding steroid dienone is 4. The minimum absolute atomic E-state index is 0. The van der Waals surface area contributed by atoms with Crippen LogP contribution in [-0.4, -0.2) is 0 Å². The summed E-state index contributed by atoms with van der Waals surface area (Å²) in [4.78, 5) is 0. The van der Waals surface area contributed by atoms with Crippen molar-refractivity contribution in [3.63, 3.8) is 0 Å². The Balaban J connectivity index is -0.000000810. The minimum Gasteiger partial charge on any atom is -1.00 e. The van der Waals surface area contributed by atoms with E-state index in [1.165, 1.54) is 39.0 Å². The monoisotopic (exact) mass is 378 g/mol. The van der Waals surface area contributed by atoms with Crippen molar-refractivity contribution >= 4 is 0 Å². The quantitative estimate of drug-likeness (QED) is 0.359. The number of benzene rings is 1. The van der Waals surface area contributed by atoms with Gasteiger partial charge < -0.3 is 37.2 Å². The fourth-order valence-electron chi connectivity index (χ4n) is 2.62. The standard InChI is InChI=1S/C17H21.3ClH.Ti/c1-11-12(2)14(4)17(15(5)13(11)3)10-16-8-6-7-9-16;;;;/h6-7H,8,10H2,1-5H3;3*1H;/q-1;;;;+4/p-3. The molecule has 0 heterocycles. The Morgan fingerprint density at radius 1 is 0.810 bits per heavy atom. The van der Waals surface area contributed by atoms with E-state index < -0.39 is 0 Å². The van der Waals surface area contributed by atoms with Crippen LogP contribution in [0.15, 0.2) is 17.7 Å². The third-order valence-electron chi connectivity index (χ3n) is 4.32. The molecule has 0 N–H and O–H groups in total. The number of hydrogen-bond donors (Lipinski definition) is 0. The number of hydrogen-bond acceptors (Lipinski definition) is 0. The van der Waals surface area contributed by atoms with E-state index >= 15 is 0 Å². The van der Waals surface area contributed by atoms with Crippen LogP contribution in [0.1, 0.15) is 39.8 Å². The Kier molecular flexibility index (Phi) is 13.6. The molecule has 1 aliphatic rings. The first kappa shape index (κ1) is 26.2. The van der Waals surface area contributed by atoms with E-state index in [0.717, 1.165) is 12.8 Å². The fourth-order valence-corrected chi connectivity index (χ4v) is 2.62. The van der Waals surface area contributed by atoms with Crippen LogP contribution in [0, 0.1) is 40.7 Å². The number of halogens is 3. The molecule has 1 aliphatic carbocycles. The average molecular weight is 380 g/mol. The van der Waals surface area contributed by atoms with Gasteiger partial charge in [0.05, 0.1) is 0 Å². The van der Waals surface area contributed by atoms with Gasteiger partial charge in [0.25, 0.3) is 0 Å². The predicted octanol–water partition coefficient (Wildman–Crippen LogP) is -4.53. The van der Waals surface area contributed by atoms with Crippen molar-refractivity contribution in [2.75, 3.05) is 0 Å². The van der Waals surface area contributed by atoms with Crippen LogP contribution < -0.4 is 37.2 Å². The Morgan fingerprint density at radius 2 is 1.24 bits per heavy atom.